The maximum atomic E-state index is 6.16. The zero-order valence-corrected chi connectivity index (χ0v) is 12.5. The van der Waals surface area contributed by atoms with E-state index in [1.807, 2.05) is 0 Å². The van der Waals surface area contributed by atoms with E-state index in [0.717, 1.165) is 12.3 Å². The summed E-state index contributed by atoms with van der Waals surface area (Å²) in [6.07, 6.45) is 5.22. The van der Waals surface area contributed by atoms with E-state index < -0.39 is 0 Å². The van der Waals surface area contributed by atoms with Crippen molar-refractivity contribution < 1.29 is 4.74 Å². The van der Waals surface area contributed by atoms with Gasteiger partial charge in [-0.1, -0.05) is 32.9 Å². The second-order valence-corrected chi connectivity index (χ2v) is 5.87. The number of benzene rings is 1. The Kier molecular flexibility index (Phi) is 5.26. The molecule has 2 atom stereocenters. The predicted molar refractivity (Wildman–Crippen MR) is 80.9 cm³/mol. The standard InChI is InChI=1S/C17H27NO/c1-4-12-18-16-6-5-7-17(16)19-15-10-8-14(9-11-15)13(2)3/h8-11,13,16-18H,4-7,12H2,1-3H3. The molecular weight excluding hydrogens is 234 g/mol. The lowest BCUT2D eigenvalue weighted by molar-refractivity contribution is 0.175. The van der Waals surface area contributed by atoms with Gasteiger partial charge >= 0.3 is 0 Å². The Morgan fingerprint density at radius 1 is 1.21 bits per heavy atom. The van der Waals surface area contributed by atoms with Crippen molar-refractivity contribution in [1.29, 1.82) is 0 Å². The van der Waals surface area contributed by atoms with Crippen LogP contribution in [0, 0.1) is 0 Å². The molecule has 0 amide bonds. The average molecular weight is 261 g/mol. The van der Waals surface area contributed by atoms with Crippen LogP contribution < -0.4 is 10.1 Å². The van der Waals surface area contributed by atoms with Crippen molar-refractivity contribution in [3.8, 4) is 5.75 Å². The van der Waals surface area contributed by atoms with Crippen LogP contribution >= 0.6 is 0 Å². The molecule has 0 heterocycles. The molecule has 2 heteroatoms. The molecule has 1 aliphatic carbocycles. The Labute approximate surface area is 117 Å². The summed E-state index contributed by atoms with van der Waals surface area (Å²) in [6.45, 7) is 7.74. The molecule has 2 rings (SSSR count). The van der Waals surface area contributed by atoms with E-state index in [4.69, 9.17) is 4.74 Å². The number of hydrogen-bond donors (Lipinski definition) is 1. The van der Waals surface area contributed by atoms with Crippen molar-refractivity contribution in [2.45, 2.75) is 64.5 Å². The minimum Gasteiger partial charge on any atom is -0.489 e. The molecule has 0 aliphatic heterocycles. The van der Waals surface area contributed by atoms with E-state index in [1.54, 1.807) is 0 Å². The Hall–Kier alpha value is -1.02. The van der Waals surface area contributed by atoms with Crippen LogP contribution in [0.5, 0.6) is 5.75 Å². The lowest BCUT2D eigenvalue weighted by Gasteiger charge is -2.22. The normalized spacial score (nSPS) is 22.9. The van der Waals surface area contributed by atoms with Crippen LogP contribution in [0.3, 0.4) is 0 Å². The van der Waals surface area contributed by atoms with E-state index in [9.17, 15) is 0 Å². The second kappa shape index (κ2) is 6.95. The smallest absolute Gasteiger partial charge is 0.119 e. The van der Waals surface area contributed by atoms with Gasteiger partial charge in [0, 0.05) is 6.04 Å². The van der Waals surface area contributed by atoms with Crippen molar-refractivity contribution in [2.24, 2.45) is 0 Å². The Morgan fingerprint density at radius 2 is 1.95 bits per heavy atom. The van der Waals surface area contributed by atoms with Gasteiger partial charge < -0.3 is 10.1 Å². The molecule has 0 bridgehead atoms. The van der Waals surface area contributed by atoms with Crippen molar-refractivity contribution >= 4 is 0 Å². The first-order valence-corrected chi connectivity index (χ1v) is 7.70. The molecule has 19 heavy (non-hydrogen) atoms. The SMILES string of the molecule is CCCNC1CCCC1Oc1ccc(C(C)C)cc1. The third-order valence-corrected chi connectivity index (χ3v) is 3.94. The van der Waals surface area contributed by atoms with E-state index in [0.29, 0.717) is 18.1 Å². The molecule has 2 nitrogen and oxygen atoms in total. The quantitative estimate of drug-likeness (QED) is 0.832. The molecule has 1 aliphatic rings. The van der Waals surface area contributed by atoms with E-state index in [1.165, 1.54) is 31.2 Å². The van der Waals surface area contributed by atoms with Crippen molar-refractivity contribution in [3.05, 3.63) is 29.8 Å². The topological polar surface area (TPSA) is 21.3 Å². The molecule has 1 saturated carbocycles. The third-order valence-electron chi connectivity index (χ3n) is 3.94. The number of rotatable bonds is 6. The Balaban J connectivity index is 1.92. The van der Waals surface area contributed by atoms with Gasteiger partial charge in [-0.3, -0.25) is 0 Å². The number of ether oxygens (including phenoxy) is 1. The fourth-order valence-electron chi connectivity index (χ4n) is 2.74. The molecule has 0 spiro atoms. The van der Waals surface area contributed by atoms with Crippen LogP contribution in [-0.4, -0.2) is 18.7 Å². The zero-order valence-electron chi connectivity index (χ0n) is 12.5. The lowest BCUT2D eigenvalue weighted by atomic mass is 10.0. The van der Waals surface area contributed by atoms with Gasteiger partial charge in [-0.25, -0.2) is 0 Å². The van der Waals surface area contributed by atoms with Gasteiger partial charge in [-0.2, -0.15) is 0 Å². The first-order chi connectivity index (χ1) is 9.20. The average Bonchev–Trinajstić information content (AvgIpc) is 2.84. The minimum absolute atomic E-state index is 0.344. The summed E-state index contributed by atoms with van der Waals surface area (Å²) in [4.78, 5) is 0. The molecular formula is C17H27NO. The predicted octanol–water partition coefficient (Wildman–Crippen LogP) is 4.11. The molecule has 0 aromatic heterocycles. The van der Waals surface area contributed by atoms with Crippen LogP contribution in [0.4, 0.5) is 0 Å². The monoisotopic (exact) mass is 261 g/mol. The highest BCUT2D eigenvalue weighted by Crippen LogP contribution is 2.26. The van der Waals surface area contributed by atoms with Gasteiger partial charge in [0.2, 0.25) is 0 Å². The Bertz CT molecular complexity index is 371. The van der Waals surface area contributed by atoms with Crippen LogP contribution in [0.25, 0.3) is 0 Å². The first kappa shape index (κ1) is 14.4. The largest absolute Gasteiger partial charge is 0.489 e. The minimum atomic E-state index is 0.344. The molecule has 0 saturated heterocycles. The van der Waals surface area contributed by atoms with E-state index in [-0.39, 0.29) is 0 Å². The molecule has 0 radical (unpaired) electrons. The molecule has 1 fully saturated rings. The van der Waals surface area contributed by atoms with Gasteiger partial charge in [-0.15, -0.1) is 0 Å². The summed E-state index contributed by atoms with van der Waals surface area (Å²) in [7, 11) is 0. The van der Waals surface area contributed by atoms with Crippen LogP contribution in [-0.2, 0) is 0 Å². The van der Waals surface area contributed by atoms with Gasteiger partial charge in [-0.05, 0) is 55.8 Å². The summed E-state index contributed by atoms with van der Waals surface area (Å²) in [5.74, 6) is 1.60. The summed E-state index contributed by atoms with van der Waals surface area (Å²) in [5.41, 5.74) is 1.37. The molecule has 1 aromatic carbocycles. The van der Waals surface area contributed by atoms with Gasteiger partial charge in [0.15, 0.2) is 0 Å². The first-order valence-electron chi connectivity index (χ1n) is 7.70. The fourth-order valence-corrected chi connectivity index (χ4v) is 2.74. The Morgan fingerprint density at radius 3 is 2.58 bits per heavy atom. The van der Waals surface area contributed by atoms with Crippen molar-refractivity contribution in [1.82, 2.24) is 5.32 Å². The molecule has 106 valence electrons. The maximum Gasteiger partial charge on any atom is 0.119 e. The summed E-state index contributed by atoms with van der Waals surface area (Å²) in [5, 5.41) is 3.61. The molecule has 2 unspecified atom stereocenters. The van der Waals surface area contributed by atoms with Crippen LogP contribution in [0.15, 0.2) is 24.3 Å². The maximum absolute atomic E-state index is 6.16. The highest BCUT2D eigenvalue weighted by molar-refractivity contribution is 5.29. The number of hydrogen-bond acceptors (Lipinski definition) is 2. The van der Waals surface area contributed by atoms with E-state index >= 15 is 0 Å². The van der Waals surface area contributed by atoms with Gasteiger partial charge in [0.25, 0.3) is 0 Å². The molecule has 1 N–H and O–H groups in total. The van der Waals surface area contributed by atoms with Crippen molar-refractivity contribution in [3.63, 3.8) is 0 Å². The van der Waals surface area contributed by atoms with Crippen LogP contribution in [0.1, 0.15) is 57.9 Å². The van der Waals surface area contributed by atoms with Gasteiger partial charge in [0.05, 0.1) is 0 Å². The summed E-state index contributed by atoms with van der Waals surface area (Å²) in [6, 6.07) is 9.13. The third kappa shape index (κ3) is 3.97. The number of nitrogens with one attached hydrogen (secondary N) is 1. The summed E-state index contributed by atoms with van der Waals surface area (Å²) < 4.78 is 6.16. The zero-order chi connectivity index (χ0) is 13.7. The molecule has 1 aromatic rings. The van der Waals surface area contributed by atoms with Gasteiger partial charge in [0.1, 0.15) is 11.9 Å². The fraction of sp³-hybridized carbons (Fsp3) is 0.647. The highest BCUT2D eigenvalue weighted by atomic mass is 16.5. The summed E-state index contributed by atoms with van der Waals surface area (Å²) >= 11 is 0. The van der Waals surface area contributed by atoms with Crippen molar-refractivity contribution in [2.75, 3.05) is 6.54 Å². The lowest BCUT2D eigenvalue weighted by Crippen LogP contribution is -2.39. The second-order valence-electron chi connectivity index (χ2n) is 5.87. The van der Waals surface area contributed by atoms with Crippen LogP contribution in [0.2, 0.25) is 0 Å². The highest BCUT2D eigenvalue weighted by Gasteiger charge is 2.28. The van der Waals surface area contributed by atoms with E-state index in [2.05, 4.69) is 50.4 Å².